The molecule has 4 rings (SSSR count). The first kappa shape index (κ1) is 19.5. The summed E-state index contributed by atoms with van der Waals surface area (Å²) in [6, 6.07) is 15.0. The SMILES string of the molecule is O=C(c1cccc2c1NCCC2)N1CC[C@@H](O)[C@](Cc2ccccc2)(C(=O)O)C1. The summed E-state index contributed by atoms with van der Waals surface area (Å²) in [5.41, 5.74) is 1.98. The number of hydrogen-bond donors (Lipinski definition) is 3. The number of hydrogen-bond acceptors (Lipinski definition) is 4. The van der Waals surface area contributed by atoms with Crippen molar-refractivity contribution in [1.29, 1.82) is 0 Å². The van der Waals surface area contributed by atoms with Gasteiger partial charge in [0.05, 0.1) is 17.4 Å². The van der Waals surface area contributed by atoms with E-state index in [4.69, 9.17) is 0 Å². The highest BCUT2D eigenvalue weighted by Crippen LogP contribution is 2.36. The molecule has 0 spiro atoms. The second-order valence-corrected chi connectivity index (χ2v) is 8.02. The van der Waals surface area contributed by atoms with Crippen molar-refractivity contribution in [2.75, 3.05) is 25.0 Å². The maximum atomic E-state index is 13.4. The number of aliphatic hydroxyl groups is 1. The van der Waals surface area contributed by atoms with E-state index in [9.17, 15) is 19.8 Å². The van der Waals surface area contributed by atoms with Crippen LogP contribution in [-0.2, 0) is 17.6 Å². The van der Waals surface area contributed by atoms with Crippen molar-refractivity contribution in [1.82, 2.24) is 4.90 Å². The van der Waals surface area contributed by atoms with Gasteiger partial charge in [0.25, 0.3) is 5.91 Å². The topological polar surface area (TPSA) is 89.9 Å². The lowest BCUT2D eigenvalue weighted by atomic mass is 9.72. The lowest BCUT2D eigenvalue weighted by molar-refractivity contribution is -0.161. The quantitative estimate of drug-likeness (QED) is 0.742. The molecule has 2 aliphatic rings. The first-order valence-electron chi connectivity index (χ1n) is 10.1. The summed E-state index contributed by atoms with van der Waals surface area (Å²) in [7, 11) is 0. The average Bonchev–Trinajstić information content (AvgIpc) is 2.75. The average molecular weight is 394 g/mol. The van der Waals surface area contributed by atoms with E-state index in [1.54, 1.807) is 11.0 Å². The molecule has 3 N–H and O–H groups in total. The van der Waals surface area contributed by atoms with Crippen LogP contribution in [0.5, 0.6) is 0 Å². The number of fused-ring (bicyclic) bond motifs is 1. The zero-order chi connectivity index (χ0) is 20.4. The molecule has 0 radical (unpaired) electrons. The third kappa shape index (κ3) is 3.60. The van der Waals surface area contributed by atoms with E-state index in [0.29, 0.717) is 12.1 Å². The first-order valence-corrected chi connectivity index (χ1v) is 10.1. The van der Waals surface area contributed by atoms with Gasteiger partial charge >= 0.3 is 5.97 Å². The Labute approximate surface area is 170 Å². The Morgan fingerprint density at radius 3 is 2.69 bits per heavy atom. The summed E-state index contributed by atoms with van der Waals surface area (Å²) in [6.07, 6.45) is 1.37. The Morgan fingerprint density at radius 1 is 1.14 bits per heavy atom. The molecular formula is C23H26N2O4. The molecule has 0 bridgehead atoms. The van der Waals surface area contributed by atoms with Crippen molar-refractivity contribution in [3.05, 3.63) is 65.2 Å². The lowest BCUT2D eigenvalue weighted by Crippen LogP contribution is -2.58. The van der Waals surface area contributed by atoms with Gasteiger partial charge < -0.3 is 20.4 Å². The number of carboxylic acids is 1. The number of amides is 1. The second kappa shape index (κ2) is 7.87. The number of aryl methyl sites for hydroxylation is 1. The van der Waals surface area contributed by atoms with E-state index < -0.39 is 17.5 Å². The number of nitrogens with zero attached hydrogens (tertiary/aromatic N) is 1. The second-order valence-electron chi connectivity index (χ2n) is 8.02. The standard InChI is InChI=1S/C23H26N2O4/c26-19-11-13-25(15-23(19,22(28)29)14-16-6-2-1-3-7-16)21(27)18-10-4-8-17-9-5-12-24-20(17)18/h1-4,6-8,10,19,24,26H,5,9,11-15H2,(H,28,29)/t19-,23-/m1/s1. The molecule has 0 saturated carbocycles. The van der Waals surface area contributed by atoms with Crippen LogP contribution in [0, 0.1) is 5.41 Å². The van der Waals surface area contributed by atoms with Gasteiger partial charge in [-0.25, -0.2) is 0 Å². The Kier molecular flexibility index (Phi) is 5.28. The number of carbonyl (C=O) groups excluding carboxylic acids is 1. The van der Waals surface area contributed by atoms with Crippen molar-refractivity contribution in [2.45, 2.75) is 31.8 Å². The highest BCUT2D eigenvalue weighted by Gasteiger charge is 2.50. The molecule has 6 nitrogen and oxygen atoms in total. The maximum Gasteiger partial charge on any atom is 0.314 e. The van der Waals surface area contributed by atoms with E-state index >= 15 is 0 Å². The molecule has 1 fully saturated rings. The largest absolute Gasteiger partial charge is 0.481 e. The normalized spacial score (nSPS) is 23.8. The monoisotopic (exact) mass is 394 g/mol. The van der Waals surface area contributed by atoms with E-state index in [-0.39, 0.29) is 25.3 Å². The molecule has 2 heterocycles. The minimum Gasteiger partial charge on any atom is -0.481 e. The maximum absolute atomic E-state index is 13.4. The molecule has 2 aromatic rings. The van der Waals surface area contributed by atoms with Crippen LogP contribution in [0.3, 0.4) is 0 Å². The van der Waals surface area contributed by atoms with Gasteiger partial charge in [0.1, 0.15) is 5.41 Å². The van der Waals surface area contributed by atoms with Crippen LogP contribution in [0.15, 0.2) is 48.5 Å². The van der Waals surface area contributed by atoms with Crippen molar-refractivity contribution < 1.29 is 19.8 Å². The van der Waals surface area contributed by atoms with E-state index in [2.05, 4.69) is 5.32 Å². The number of para-hydroxylation sites is 1. The van der Waals surface area contributed by atoms with Crippen LogP contribution in [0.4, 0.5) is 5.69 Å². The van der Waals surface area contributed by atoms with Gasteiger partial charge in [-0.05, 0) is 42.9 Å². The predicted octanol–water partition coefficient (Wildman–Crippen LogP) is 2.57. The highest BCUT2D eigenvalue weighted by molar-refractivity contribution is 6.01. The number of carbonyl (C=O) groups is 2. The number of benzene rings is 2. The van der Waals surface area contributed by atoms with Gasteiger partial charge in [0.2, 0.25) is 0 Å². The first-order chi connectivity index (χ1) is 14.0. The zero-order valence-electron chi connectivity index (χ0n) is 16.3. The molecule has 2 aliphatic heterocycles. The number of aliphatic hydroxyl groups excluding tert-OH is 1. The zero-order valence-corrected chi connectivity index (χ0v) is 16.3. The van der Waals surface area contributed by atoms with Gasteiger partial charge in [-0.15, -0.1) is 0 Å². The van der Waals surface area contributed by atoms with Crippen LogP contribution >= 0.6 is 0 Å². The van der Waals surface area contributed by atoms with Crippen LogP contribution in [0.2, 0.25) is 0 Å². The third-order valence-electron chi connectivity index (χ3n) is 6.16. The van der Waals surface area contributed by atoms with E-state index in [1.807, 2.05) is 42.5 Å². The van der Waals surface area contributed by atoms with Crippen molar-refractivity contribution in [3.63, 3.8) is 0 Å². The van der Waals surface area contributed by atoms with Crippen molar-refractivity contribution >= 4 is 17.6 Å². The van der Waals surface area contributed by atoms with Gasteiger partial charge in [0, 0.05) is 19.6 Å². The Hall–Kier alpha value is -2.86. The minimum absolute atomic E-state index is 0.0130. The summed E-state index contributed by atoms with van der Waals surface area (Å²) in [6.45, 7) is 1.15. The fourth-order valence-corrected chi connectivity index (χ4v) is 4.53. The molecule has 29 heavy (non-hydrogen) atoms. The van der Waals surface area contributed by atoms with Crippen molar-refractivity contribution in [2.24, 2.45) is 5.41 Å². The molecule has 1 amide bonds. The van der Waals surface area contributed by atoms with Crippen LogP contribution in [0.1, 0.15) is 34.3 Å². The Balaban J connectivity index is 1.64. The van der Waals surface area contributed by atoms with Crippen LogP contribution in [-0.4, -0.2) is 52.7 Å². The third-order valence-corrected chi connectivity index (χ3v) is 6.16. The lowest BCUT2D eigenvalue weighted by Gasteiger charge is -2.43. The number of rotatable bonds is 4. The molecule has 1 saturated heterocycles. The smallest absolute Gasteiger partial charge is 0.314 e. The van der Waals surface area contributed by atoms with E-state index in [0.717, 1.165) is 36.2 Å². The molecule has 2 aromatic carbocycles. The highest BCUT2D eigenvalue weighted by atomic mass is 16.4. The van der Waals surface area contributed by atoms with Gasteiger partial charge in [-0.1, -0.05) is 42.5 Å². The van der Waals surface area contributed by atoms with Crippen LogP contribution < -0.4 is 5.32 Å². The number of aliphatic carboxylic acids is 1. The van der Waals surface area contributed by atoms with Gasteiger partial charge in [-0.2, -0.15) is 0 Å². The molecular weight excluding hydrogens is 368 g/mol. The minimum atomic E-state index is -1.42. The Bertz CT molecular complexity index is 914. The molecule has 6 heteroatoms. The number of likely N-dealkylation sites (tertiary alicyclic amines) is 1. The molecule has 0 aliphatic carbocycles. The van der Waals surface area contributed by atoms with Crippen molar-refractivity contribution in [3.8, 4) is 0 Å². The number of carboxylic acid groups (broad SMARTS) is 1. The Morgan fingerprint density at radius 2 is 1.93 bits per heavy atom. The molecule has 0 aromatic heterocycles. The molecule has 152 valence electrons. The predicted molar refractivity (Wildman–Crippen MR) is 110 cm³/mol. The summed E-state index contributed by atoms with van der Waals surface area (Å²) in [4.78, 5) is 27.3. The van der Waals surface area contributed by atoms with Gasteiger partial charge in [0.15, 0.2) is 0 Å². The molecule has 2 atom stereocenters. The summed E-state index contributed by atoms with van der Waals surface area (Å²) < 4.78 is 0. The fraction of sp³-hybridized carbons (Fsp3) is 0.391. The van der Waals surface area contributed by atoms with E-state index in [1.165, 1.54) is 0 Å². The molecule has 0 unspecified atom stereocenters. The summed E-state index contributed by atoms with van der Waals surface area (Å²) >= 11 is 0. The summed E-state index contributed by atoms with van der Waals surface area (Å²) in [5.74, 6) is -1.25. The summed E-state index contributed by atoms with van der Waals surface area (Å²) in [5, 5.41) is 24.1. The number of nitrogens with one attached hydrogen (secondary N) is 1. The fourth-order valence-electron chi connectivity index (χ4n) is 4.53. The van der Waals surface area contributed by atoms with Gasteiger partial charge in [-0.3, -0.25) is 9.59 Å². The number of anilines is 1. The number of piperidine rings is 1. The van der Waals surface area contributed by atoms with Crippen LogP contribution in [0.25, 0.3) is 0 Å².